The van der Waals surface area contributed by atoms with E-state index in [0.29, 0.717) is 12.3 Å². The van der Waals surface area contributed by atoms with Crippen LogP contribution in [0, 0.1) is 30.5 Å². The summed E-state index contributed by atoms with van der Waals surface area (Å²) in [6.07, 6.45) is 4.39. The second-order valence-corrected chi connectivity index (χ2v) is 10.8. The lowest BCUT2D eigenvalue weighted by Crippen LogP contribution is -2.43. The highest BCUT2D eigenvalue weighted by atomic mass is 32.1. The number of ether oxygens (including phenoxy) is 1. The van der Waals surface area contributed by atoms with E-state index >= 15 is 0 Å². The zero-order valence-corrected chi connectivity index (χ0v) is 18.9. The largest absolute Gasteiger partial charge is 0.504 e. The van der Waals surface area contributed by atoms with Gasteiger partial charge in [-0.2, -0.15) is 0 Å². The fourth-order valence-electron chi connectivity index (χ4n) is 4.86. The molecule has 3 aliphatic rings. The van der Waals surface area contributed by atoms with Crippen molar-refractivity contribution in [2.45, 2.75) is 57.5 Å². The van der Waals surface area contributed by atoms with Crippen molar-refractivity contribution < 1.29 is 23.8 Å². The van der Waals surface area contributed by atoms with Gasteiger partial charge in [0.2, 0.25) is 5.78 Å². The molecule has 1 aromatic carbocycles. The van der Waals surface area contributed by atoms with Crippen LogP contribution in [0.25, 0.3) is 0 Å². The summed E-state index contributed by atoms with van der Waals surface area (Å²) >= 11 is 1.59. The number of hydrogen-bond donors (Lipinski definition) is 1. The second kappa shape index (κ2) is 8.47. The van der Waals surface area contributed by atoms with Gasteiger partial charge in [-0.15, -0.1) is 11.3 Å². The molecule has 2 fully saturated rings. The van der Waals surface area contributed by atoms with Crippen LogP contribution in [0.2, 0.25) is 0 Å². The first-order valence-electron chi connectivity index (χ1n) is 11.4. The minimum Gasteiger partial charge on any atom is -0.504 e. The number of benzene rings is 1. The van der Waals surface area contributed by atoms with E-state index in [1.807, 2.05) is 19.1 Å². The third-order valence-electron chi connectivity index (χ3n) is 6.85. The number of aliphatic hydroxyl groups is 1. The number of aliphatic hydroxyl groups excluding tert-OH is 1. The van der Waals surface area contributed by atoms with Gasteiger partial charge in [0, 0.05) is 21.6 Å². The number of ketones is 1. The summed E-state index contributed by atoms with van der Waals surface area (Å²) in [5.74, 6) is -1.57. The highest BCUT2D eigenvalue weighted by molar-refractivity contribution is 7.12. The first-order valence-corrected chi connectivity index (χ1v) is 12.2. The van der Waals surface area contributed by atoms with Crippen LogP contribution in [-0.2, 0) is 20.7 Å². The quantitative estimate of drug-likeness (QED) is 0.523. The number of rotatable bonds is 8. The molecule has 0 spiro atoms. The smallest absolute Gasteiger partial charge is 0.339 e. The van der Waals surface area contributed by atoms with E-state index in [1.54, 1.807) is 23.5 Å². The summed E-state index contributed by atoms with van der Waals surface area (Å²) in [5, 5.41) is 11.0. The van der Waals surface area contributed by atoms with Crippen molar-refractivity contribution in [3.05, 3.63) is 68.9 Å². The van der Waals surface area contributed by atoms with Crippen LogP contribution < -0.4 is 0 Å². The molecule has 5 rings (SSSR count). The minimum atomic E-state index is -0.998. The third kappa shape index (κ3) is 4.38. The van der Waals surface area contributed by atoms with Gasteiger partial charge >= 0.3 is 5.97 Å². The Morgan fingerprint density at radius 3 is 2.41 bits per heavy atom. The van der Waals surface area contributed by atoms with Crippen LogP contribution in [0.15, 0.2) is 47.7 Å². The van der Waals surface area contributed by atoms with Crippen LogP contribution in [-0.4, -0.2) is 23.0 Å². The number of aryl methyl sites for hydroxylation is 1. The Hall–Kier alpha value is -2.47. The lowest BCUT2D eigenvalue weighted by atomic mass is 9.82. The molecule has 2 heterocycles. The molecular formula is C26H27FO4S. The molecule has 3 atom stereocenters. The van der Waals surface area contributed by atoms with Gasteiger partial charge in [0.25, 0.3) is 0 Å². The number of esters is 1. The zero-order valence-electron chi connectivity index (χ0n) is 18.1. The molecule has 1 aliphatic heterocycles. The van der Waals surface area contributed by atoms with Gasteiger partial charge in [-0.25, -0.2) is 9.18 Å². The first kappa shape index (κ1) is 21.4. The summed E-state index contributed by atoms with van der Waals surface area (Å²) in [4.78, 5) is 28.6. The average molecular weight is 455 g/mol. The topological polar surface area (TPSA) is 63.6 Å². The molecule has 0 bridgehead atoms. The van der Waals surface area contributed by atoms with E-state index in [4.69, 9.17) is 4.74 Å². The van der Waals surface area contributed by atoms with Crippen LogP contribution in [0.4, 0.5) is 4.39 Å². The van der Waals surface area contributed by atoms with Gasteiger partial charge in [-0.05, 0) is 74.3 Å². The summed E-state index contributed by atoms with van der Waals surface area (Å²) in [6, 6.07) is 10.2. The Morgan fingerprint density at radius 2 is 1.81 bits per heavy atom. The number of cyclic esters (lactones) is 1. The van der Waals surface area contributed by atoms with E-state index in [0.717, 1.165) is 47.4 Å². The molecule has 0 amide bonds. The molecule has 168 valence electrons. The Bertz CT molecular complexity index is 1060. The van der Waals surface area contributed by atoms with Crippen molar-refractivity contribution in [3.8, 4) is 0 Å². The highest BCUT2D eigenvalue weighted by Crippen LogP contribution is 2.50. The van der Waals surface area contributed by atoms with E-state index in [1.165, 1.54) is 12.1 Å². The molecule has 6 heteroatoms. The van der Waals surface area contributed by atoms with Crippen molar-refractivity contribution >= 4 is 23.1 Å². The number of hydrogen-bond acceptors (Lipinski definition) is 5. The molecule has 1 N–H and O–H groups in total. The van der Waals surface area contributed by atoms with Gasteiger partial charge in [0.1, 0.15) is 5.82 Å². The maximum Gasteiger partial charge on any atom is 0.339 e. The lowest BCUT2D eigenvalue weighted by Gasteiger charge is -2.32. The number of Topliss-reactive ketones (excluding diaryl/α,β-unsaturated/α-hetero) is 1. The molecule has 2 aromatic rings. The standard InChI is InChI=1S/C26H27FO4S/c1-14-2-11-20(32-14)21(17-7-8-17)22-23(28)24(29)25(31-26(22)30)18(12-15-3-4-15)13-16-5-9-19(27)10-6-16/h2,5-6,9-11,15,17-18,21,25,28H,3-4,7-8,12-13H2,1H3. The van der Waals surface area contributed by atoms with Crippen molar-refractivity contribution in [2.24, 2.45) is 17.8 Å². The van der Waals surface area contributed by atoms with Crippen LogP contribution in [0.5, 0.6) is 0 Å². The van der Waals surface area contributed by atoms with Gasteiger partial charge < -0.3 is 9.84 Å². The maximum atomic E-state index is 13.3. The van der Waals surface area contributed by atoms with Crippen LogP contribution >= 0.6 is 11.3 Å². The molecule has 32 heavy (non-hydrogen) atoms. The molecule has 0 saturated heterocycles. The van der Waals surface area contributed by atoms with E-state index in [2.05, 4.69) is 0 Å². The molecule has 2 saturated carbocycles. The Kier molecular flexibility index (Phi) is 5.66. The van der Waals surface area contributed by atoms with Crippen LogP contribution in [0.1, 0.15) is 53.3 Å². The third-order valence-corrected chi connectivity index (χ3v) is 7.93. The Morgan fingerprint density at radius 1 is 1.09 bits per heavy atom. The van der Waals surface area contributed by atoms with E-state index in [-0.39, 0.29) is 29.1 Å². The normalized spacial score (nSPS) is 23.2. The lowest BCUT2D eigenvalue weighted by molar-refractivity contribution is -0.158. The molecule has 3 unspecified atom stereocenters. The van der Waals surface area contributed by atoms with E-state index < -0.39 is 23.6 Å². The predicted octanol–water partition coefficient (Wildman–Crippen LogP) is 5.65. The predicted molar refractivity (Wildman–Crippen MR) is 120 cm³/mol. The zero-order chi connectivity index (χ0) is 22.4. The molecular weight excluding hydrogens is 427 g/mol. The van der Waals surface area contributed by atoms with Gasteiger partial charge in [-0.1, -0.05) is 25.0 Å². The maximum absolute atomic E-state index is 13.3. The number of thiophene rings is 1. The van der Waals surface area contributed by atoms with E-state index in [9.17, 15) is 19.1 Å². The van der Waals surface area contributed by atoms with Crippen molar-refractivity contribution in [2.75, 3.05) is 0 Å². The molecule has 4 nitrogen and oxygen atoms in total. The summed E-state index contributed by atoms with van der Waals surface area (Å²) in [6.45, 7) is 2.00. The summed E-state index contributed by atoms with van der Waals surface area (Å²) in [7, 11) is 0. The highest BCUT2D eigenvalue weighted by Gasteiger charge is 2.48. The molecule has 2 aliphatic carbocycles. The summed E-state index contributed by atoms with van der Waals surface area (Å²) < 4.78 is 19.1. The molecule has 0 radical (unpaired) electrons. The van der Waals surface area contributed by atoms with Crippen LogP contribution in [0.3, 0.4) is 0 Å². The number of halogens is 1. The molecule has 1 aromatic heterocycles. The summed E-state index contributed by atoms with van der Waals surface area (Å²) in [5.41, 5.74) is 1.02. The van der Waals surface area contributed by atoms with Gasteiger partial charge in [0.15, 0.2) is 11.9 Å². The fraction of sp³-hybridized carbons (Fsp3) is 0.462. The van der Waals surface area contributed by atoms with Crippen molar-refractivity contribution in [1.82, 2.24) is 0 Å². The fourth-order valence-corrected chi connectivity index (χ4v) is 5.94. The van der Waals surface area contributed by atoms with Gasteiger partial charge in [-0.3, -0.25) is 4.79 Å². The minimum absolute atomic E-state index is 0.127. The Labute approximate surface area is 191 Å². The first-order chi connectivity index (χ1) is 15.4. The van der Waals surface area contributed by atoms with Crippen molar-refractivity contribution in [1.29, 1.82) is 0 Å². The SMILES string of the molecule is Cc1ccc(C(C2=C(O)C(=O)C(C(Cc3ccc(F)cc3)CC3CC3)OC2=O)C2CC2)s1. The monoisotopic (exact) mass is 454 g/mol. The Balaban J connectivity index is 1.44. The van der Waals surface area contributed by atoms with Gasteiger partial charge in [0.05, 0.1) is 5.57 Å². The number of carbonyl (C=O) groups excluding carboxylic acids is 2. The average Bonchev–Trinajstić information content (AvgIpc) is 3.69. The van der Waals surface area contributed by atoms with Crippen molar-refractivity contribution in [3.63, 3.8) is 0 Å². The second-order valence-electron chi connectivity index (χ2n) is 9.49. The number of carbonyl (C=O) groups is 2.